The number of aromatic nitrogens is 1. The highest BCUT2D eigenvalue weighted by Crippen LogP contribution is 2.38. The number of carbonyl (C=O) groups excluding carboxylic acids is 1. The van der Waals surface area contributed by atoms with Crippen molar-refractivity contribution in [1.29, 1.82) is 0 Å². The predicted molar refractivity (Wildman–Crippen MR) is 107 cm³/mol. The van der Waals surface area contributed by atoms with Crippen LogP contribution in [0.25, 0.3) is 10.9 Å². The summed E-state index contributed by atoms with van der Waals surface area (Å²) in [7, 11) is -3.41. The fourth-order valence-electron chi connectivity index (χ4n) is 3.78. The molecule has 0 radical (unpaired) electrons. The second kappa shape index (κ2) is 6.28. The third-order valence-electron chi connectivity index (χ3n) is 4.91. The summed E-state index contributed by atoms with van der Waals surface area (Å²) in [6, 6.07) is 14.4. The van der Waals surface area contributed by atoms with Crippen molar-refractivity contribution in [3.8, 4) is 0 Å². The molecular weight excluding hydrogens is 386 g/mol. The van der Waals surface area contributed by atoms with Gasteiger partial charge >= 0.3 is 0 Å². The summed E-state index contributed by atoms with van der Waals surface area (Å²) >= 11 is 6.03. The summed E-state index contributed by atoms with van der Waals surface area (Å²) in [5.41, 5.74) is 1.19. The molecule has 3 aromatic rings. The van der Waals surface area contributed by atoms with Gasteiger partial charge in [-0.05, 0) is 35.9 Å². The van der Waals surface area contributed by atoms with E-state index in [-0.39, 0.29) is 5.91 Å². The van der Waals surface area contributed by atoms with E-state index in [1.807, 2.05) is 35.0 Å². The number of anilines is 1. The Morgan fingerprint density at radius 2 is 1.89 bits per heavy atom. The summed E-state index contributed by atoms with van der Waals surface area (Å²) < 4.78 is 27.8. The van der Waals surface area contributed by atoms with Gasteiger partial charge in [0.1, 0.15) is 5.54 Å². The molecule has 4 rings (SSSR count). The van der Waals surface area contributed by atoms with Gasteiger partial charge in [-0.3, -0.25) is 9.52 Å². The van der Waals surface area contributed by atoms with Gasteiger partial charge in [-0.1, -0.05) is 29.8 Å². The van der Waals surface area contributed by atoms with E-state index >= 15 is 0 Å². The van der Waals surface area contributed by atoms with Gasteiger partial charge in [0.15, 0.2) is 0 Å². The SMILES string of the molecule is CS(=O)(=O)Nc1cccc2c1ccn2C1(c2ccc(Cl)cc2)CCNC1=O. The maximum atomic E-state index is 13.0. The fourth-order valence-corrected chi connectivity index (χ4v) is 4.48. The maximum Gasteiger partial charge on any atom is 0.250 e. The van der Waals surface area contributed by atoms with Gasteiger partial charge in [0.25, 0.3) is 5.91 Å². The third kappa shape index (κ3) is 2.96. The Kier molecular flexibility index (Phi) is 4.16. The summed E-state index contributed by atoms with van der Waals surface area (Å²) in [4.78, 5) is 13.0. The summed E-state index contributed by atoms with van der Waals surface area (Å²) in [5.74, 6) is -0.0937. The van der Waals surface area contributed by atoms with E-state index < -0.39 is 15.6 Å². The molecule has 1 aliphatic heterocycles. The van der Waals surface area contributed by atoms with Crippen LogP contribution in [0, 0.1) is 0 Å². The monoisotopic (exact) mass is 403 g/mol. The minimum Gasteiger partial charge on any atom is -0.354 e. The van der Waals surface area contributed by atoms with Crippen molar-refractivity contribution in [2.24, 2.45) is 0 Å². The molecule has 8 heteroatoms. The van der Waals surface area contributed by atoms with Crippen LogP contribution < -0.4 is 10.0 Å². The third-order valence-corrected chi connectivity index (χ3v) is 5.75. The molecule has 1 amide bonds. The number of hydrogen-bond donors (Lipinski definition) is 2. The average Bonchev–Trinajstić information content (AvgIpc) is 3.19. The largest absolute Gasteiger partial charge is 0.354 e. The molecule has 140 valence electrons. The average molecular weight is 404 g/mol. The van der Waals surface area contributed by atoms with E-state index in [0.29, 0.717) is 23.7 Å². The van der Waals surface area contributed by atoms with Crippen molar-refractivity contribution >= 4 is 44.1 Å². The lowest BCUT2D eigenvalue weighted by molar-refractivity contribution is -0.124. The normalized spacial score (nSPS) is 20.0. The molecule has 1 unspecified atom stereocenters. The smallest absolute Gasteiger partial charge is 0.250 e. The van der Waals surface area contributed by atoms with E-state index in [1.54, 1.807) is 24.3 Å². The number of carbonyl (C=O) groups is 1. The van der Waals surface area contributed by atoms with Crippen molar-refractivity contribution in [2.45, 2.75) is 12.0 Å². The number of sulfonamides is 1. The van der Waals surface area contributed by atoms with Gasteiger partial charge in [0.05, 0.1) is 17.5 Å². The van der Waals surface area contributed by atoms with Crippen LogP contribution in [0.3, 0.4) is 0 Å². The fraction of sp³-hybridized carbons (Fsp3) is 0.211. The summed E-state index contributed by atoms with van der Waals surface area (Å²) in [6.07, 6.45) is 3.53. The van der Waals surface area contributed by atoms with E-state index in [4.69, 9.17) is 11.6 Å². The number of fused-ring (bicyclic) bond motifs is 1. The second-order valence-electron chi connectivity index (χ2n) is 6.67. The Labute approximate surface area is 162 Å². The molecule has 0 aliphatic carbocycles. The number of benzene rings is 2. The standard InChI is InChI=1S/C19H18ClN3O3S/c1-27(25,26)22-16-3-2-4-17-15(16)9-12-23(17)19(10-11-21-18(19)24)13-5-7-14(20)8-6-13/h2-9,12,22H,10-11H2,1H3,(H,21,24). The van der Waals surface area contributed by atoms with E-state index in [1.165, 1.54) is 0 Å². The van der Waals surface area contributed by atoms with Crippen LogP contribution in [0.1, 0.15) is 12.0 Å². The highest BCUT2D eigenvalue weighted by atomic mass is 35.5. The van der Waals surface area contributed by atoms with Gasteiger partial charge in [0.2, 0.25) is 10.0 Å². The van der Waals surface area contributed by atoms with Gasteiger partial charge < -0.3 is 9.88 Å². The highest BCUT2D eigenvalue weighted by Gasteiger charge is 2.46. The minimum absolute atomic E-state index is 0.0937. The zero-order valence-electron chi connectivity index (χ0n) is 14.6. The summed E-state index contributed by atoms with van der Waals surface area (Å²) in [5, 5.41) is 4.26. The van der Waals surface area contributed by atoms with Crippen LogP contribution in [0.15, 0.2) is 54.7 Å². The lowest BCUT2D eigenvalue weighted by Gasteiger charge is -2.30. The molecule has 2 aromatic carbocycles. The van der Waals surface area contributed by atoms with Crippen LogP contribution in [0.5, 0.6) is 0 Å². The second-order valence-corrected chi connectivity index (χ2v) is 8.86. The first-order valence-corrected chi connectivity index (χ1v) is 10.7. The Morgan fingerprint density at radius 1 is 1.15 bits per heavy atom. The van der Waals surface area contributed by atoms with Crippen molar-refractivity contribution in [3.63, 3.8) is 0 Å². The number of rotatable bonds is 4. The van der Waals surface area contributed by atoms with Crippen molar-refractivity contribution in [1.82, 2.24) is 9.88 Å². The minimum atomic E-state index is -3.41. The molecule has 2 N–H and O–H groups in total. The Balaban J connectivity index is 1.94. The topological polar surface area (TPSA) is 80.2 Å². The lowest BCUT2D eigenvalue weighted by Crippen LogP contribution is -2.41. The number of nitrogens with zero attached hydrogens (tertiary/aromatic N) is 1. The van der Waals surface area contributed by atoms with Crippen molar-refractivity contribution < 1.29 is 13.2 Å². The first-order valence-electron chi connectivity index (χ1n) is 8.44. The molecular formula is C19H18ClN3O3S. The van der Waals surface area contributed by atoms with Crippen LogP contribution in [-0.4, -0.2) is 31.7 Å². The Morgan fingerprint density at radius 3 is 2.52 bits per heavy atom. The molecule has 1 aliphatic rings. The van der Waals surface area contributed by atoms with Crippen LogP contribution in [0.2, 0.25) is 5.02 Å². The summed E-state index contributed by atoms with van der Waals surface area (Å²) in [6.45, 7) is 0.558. The molecule has 6 nitrogen and oxygen atoms in total. The molecule has 1 fully saturated rings. The molecule has 0 spiro atoms. The number of amides is 1. The van der Waals surface area contributed by atoms with Gasteiger partial charge in [-0.25, -0.2) is 8.42 Å². The first-order chi connectivity index (χ1) is 12.8. The van der Waals surface area contributed by atoms with Crippen LogP contribution in [0.4, 0.5) is 5.69 Å². The molecule has 2 heterocycles. The van der Waals surface area contributed by atoms with Gasteiger partial charge in [0, 0.05) is 29.6 Å². The van der Waals surface area contributed by atoms with E-state index in [2.05, 4.69) is 10.0 Å². The molecule has 0 bridgehead atoms. The zero-order chi connectivity index (χ0) is 19.2. The highest BCUT2D eigenvalue weighted by molar-refractivity contribution is 7.92. The Bertz CT molecular complexity index is 1140. The molecule has 1 aromatic heterocycles. The quantitative estimate of drug-likeness (QED) is 0.702. The number of hydrogen-bond acceptors (Lipinski definition) is 3. The van der Waals surface area contributed by atoms with E-state index in [0.717, 1.165) is 22.7 Å². The van der Waals surface area contributed by atoms with Gasteiger partial charge in [-0.15, -0.1) is 0 Å². The van der Waals surface area contributed by atoms with Crippen LogP contribution >= 0.6 is 11.6 Å². The number of nitrogens with one attached hydrogen (secondary N) is 2. The zero-order valence-corrected chi connectivity index (χ0v) is 16.1. The van der Waals surface area contributed by atoms with Crippen molar-refractivity contribution in [2.75, 3.05) is 17.5 Å². The molecule has 1 saturated heterocycles. The maximum absolute atomic E-state index is 13.0. The lowest BCUT2D eigenvalue weighted by atomic mass is 9.87. The molecule has 27 heavy (non-hydrogen) atoms. The molecule has 0 saturated carbocycles. The van der Waals surface area contributed by atoms with Crippen LogP contribution in [-0.2, 0) is 20.4 Å². The number of halogens is 1. The molecule has 1 atom stereocenters. The first kappa shape index (κ1) is 17.9. The van der Waals surface area contributed by atoms with Gasteiger partial charge in [-0.2, -0.15) is 0 Å². The van der Waals surface area contributed by atoms with E-state index in [9.17, 15) is 13.2 Å². The predicted octanol–water partition coefficient (Wildman–Crippen LogP) is 2.93. The Hall–Kier alpha value is -2.51. The van der Waals surface area contributed by atoms with Crippen molar-refractivity contribution in [3.05, 3.63) is 65.3 Å².